The Morgan fingerprint density at radius 3 is 2.42 bits per heavy atom. The van der Waals surface area contributed by atoms with Crippen LogP contribution in [0.3, 0.4) is 0 Å². The van der Waals surface area contributed by atoms with E-state index in [4.69, 9.17) is 0 Å². The van der Waals surface area contributed by atoms with Crippen LogP contribution in [-0.2, 0) is 0 Å². The van der Waals surface area contributed by atoms with Gasteiger partial charge in [-0.15, -0.1) is 0 Å². The fourth-order valence-corrected chi connectivity index (χ4v) is 3.22. The molecule has 1 amide bonds. The number of carbonyl (C=O) groups is 1. The third-order valence-corrected chi connectivity index (χ3v) is 4.94. The van der Waals surface area contributed by atoms with E-state index >= 15 is 0 Å². The molecule has 3 rings (SSSR count). The van der Waals surface area contributed by atoms with Gasteiger partial charge in [-0.1, -0.05) is 29.8 Å². The quantitative estimate of drug-likeness (QED) is 0.852. The van der Waals surface area contributed by atoms with Crippen LogP contribution >= 0.6 is 0 Å². The number of aromatic amines is 1. The molecule has 1 aromatic carbocycles. The predicted molar refractivity (Wildman–Crippen MR) is 102 cm³/mol. The van der Waals surface area contributed by atoms with Crippen LogP contribution < -0.4 is 10.9 Å². The molecule has 6 nitrogen and oxygen atoms in total. The van der Waals surface area contributed by atoms with Crippen molar-refractivity contribution in [3.05, 3.63) is 69.6 Å². The lowest BCUT2D eigenvalue weighted by Gasteiger charge is -2.38. The molecule has 6 heteroatoms. The normalized spacial score (nSPS) is 17.0. The molecule has 2 N–H and O–H groups in total. The highest BCUT2D eigenvalue weighted by Crippen LogP contribution is 2.22. The molecule has 26 heavy (non-hydrogen) atoms. The minimum atomic E-state index is -0.212. The summed E-state index contributed by atoms with van der Waals surface area (Å²) in [6, 6.07) is 11.6. The van der Waals surface area contributed by atoms with E-state index in [1.807, 2.05) is 0 Å². The number of aryl methyl sites for hydroxylation is 1. The molecule has 0 spiro atoms. The number of nitrogens with one attached hydrogen (secondary N) is 2. The lowest BCUT2D eigenvalue weighted by molar-refractivity contribution is 0.0886. The number of aromatic nitrogens is 1. The van der Waals surface area contributed by atoms with E-state index in [-0.39, 0.29) is 17.5 Å². The summed E-state index contributed by atoms with van der Waals surface area (Å²) in [5.74, 6) is -0.174. The first kappa shape index (κ1) is 18.4. The standard InChI is InChI=1S/C20H26N4O2/c1-15-3-5-16(6-4-15)18(24-11-9-23(2)10-12-24)14-22-20(26)17-7-8-19(25)21-13-17/h3-8,13,18H,9-12,14H2,1-2H3,(H,21,25)(H,22,26). The van der Waals surface area contributed by atoms with Gasteiger partial charge < -0.3 is 15.2 Å². The Kier molecular flexibility index (Phi) is 5.85. The van der Waals surface area contributed by atoms with Gasteiger partial charge >= 0.3 is 0 Å². The number of nitrogens with zero attached hydrogens (tertiary/aromatic N) is 2. The van der Waals surface area contributed by atoms with Gasteiger partial charge in [-0.3, -0.25) is 14.5 Å². The number of benzene rings is 1. The third kappa shape index (κ3) is 4.59. The molecule has 1 saturated heterocycles. The molecule has 1 unspecified atom stereocenters. The first-order valence-electron chi connectivity index (χ1n) is 8.99. The Morgan fingerprint density at radius 2 is 1.81 bits per heavy atom. The summed E-state index contributed by atoms with van der Waals surface area (Å²) >= 11 is 0. The minimum Gasteiger partial charge on any atom is -0.350 e. The van der Waals surface area contributed by atoms with Crippen molar-refractivity contribution in [1.82, 2.24) is 20.1 Å². The van der Waals surface area contributed by atoms with Crippen LogP contribution in [0.4, 0.5) is 0 Å². The molecule has 0 aliphatic carbocycles. The fraction of sp³-hybridized carbons (Fsp3) is 0.400. The second-order valence-electron chi connectivity index (χ2n) is 6.92. The van der Waals surface area contributed by atoms with E-state index in [0.29, 0.717) is 12.1 Å². The van der Waals surface area contributed by atoms with Crippen molar-refractivity contribution >= 4 is 5.91 Å². The van der Waals surface area contributed by atoms with E-state index in [9.17, 15) is 9.59 Å². The van der Waals surface area contributed by atoms with Crippen molar-refractivity contribution in [2.75, 3.05) is 39.8 Å². The summed E-state index contributed by atoms with van der Waals surface area (Å²) in [5.41, 5.74) is 2.69. The van der Waals surface area contributed by atoms with Gasteiger partial charge in [0.05, 0.1) is 11.6 Å². The highest BCUT2D eigenvalue weighted by atomic mass is 16.1. The first-order chi connectivity index (χ1) is 12.5. The number of likely N-dealkylation sites (N-methyl/N-ethyl adjacent to an activating group) is 1. The number of pyridine rings is 1. The monoisotopic (exact) mass is 354 g/mol. The number of carbonyl (C=O) groups excluding carboxylic acids is 1. The van der Waals surface area contributed by atoms with Gasteiger partial charge in [-0.25, -0.2) is 0 Å². The number of hydrogen-bond acceptors (Lipinski definition) is 4. The molecule has 2 heterocycles. The summed E-state index contributed by atoms with van der Waals surface area (Å²) < 4.78 is 0. The van der Waals surface area contributed by atoms with E-state index in [0.717, 1.165) is 26.2 Å². The van der Waals surface area contributed by atoms with Crippen LogP contribution in [0.15, 0.2) is 47.4 Å². The summed E-state index contributed by atoms with van der Waals surface area (Å²) in [5, 5.41) is 3.02. The zero-order valence-electron chi connectivity index (χ0n) is 15.4. The van der Waals surface area contributed by atoms with Crippen LogP contribution in [-0.4, -0.2) is 60.5 Å². The molecule has 1 atom stereocenters. The van der Waals surface area contributed by atoms with Crippen LogP contribution in [0.2, 0.25) is 0 Å². The second kappa shape index (κ2) is 8.29. The molecule has 138 valence electrons. The van der Waals surface area contributed by atoms with E-state index in [1.54, 1.807) is 6.07 Å². The van der Waals surface area contributed by atoms with Gasteiger partial charge in [0, 0.05) is 45.0 Å². The number of rotatable bonds is 5. The fourth-order valence-electron chi connectivity index (χ4n) is 3.22. The van der Waals surface area contributed by atoms with Crippen molar-refractivity contribution in [1.29, 1.82) is 0 Å². The Bertz CT molecular complexity index is 772. The van der Waals surface area contributed by atoms with Crippen LogP contribution in [0.1, 0.15) is 27.5 Å². The molecule has 0 saturated carbocycles. The maximum atomic E-state index is 12.4. The molecule has 0 radical (unpaired) electrons. The smallest absolute Gasteiger partial charge is 0.252 e. The molecule has 0 bridgehead atoms. The maximum Gasteiger partial charge on any atom is 0.252 e. The van der Waals surface area contributed by atoms with Crippen molar-refractivity contribution in [2.45, 2.75) is 13.0 Å². The van der Waals surface area contributed by atoms with Crippen LogP contribution in [0.25, 0.3) is 0 Å². The average Bonchev–Trinajstić information content (AvgIpc) is 2.65. The predicted octanol–water partition coefficient (Wildman–Crippen LogP) is 1.40. The molecule has 1 fully saturated rings. The summed E-state index contributed by atoms with van der Waals surface area (Å²) in [4.78, 5) is 30.9. The molecular formula is C20H26N4O2. The Morgan fingerprint density at radius 1 is 1.12 bits per heavy atom. The van der Waals surface area contributed by atoms with Gasteiger partial charge in [-0.05, 0) is 25.6 Å². The van der Waals surface area contributed by atoms with Crippen molar-refractivity contribution in [2.24, 2.45) is 0 Å². The van der Waals surface area contributed by atoms with Crippen molar-refractivity contribution < 1.29 is 4.79 Å². The number of piperazine rings is 1. The first-order valence-corrected chi connectivity index (χ1v) is 8.99. The molecular weight excluding hydrogens is 328 g/mol. The molecule has 1 aromatic heterocycles. The van der Waals surface area contributed by atoms with E-state index in [1.165, 1.54) is 23.4 Å². The summed E-state index contributed by atoms with van der Waals surface area (Å²) in [6.45, 7) is 6.61. The summed E-state index contributed by atoms with van der Waals surface area (Å²) in [7, 11) is 2.14. The maximum absolute atomic E-state index is 12.4. The number of hydrogen-bond donors (Lipinski definition) is 2. The van der Waals surface area contributed by atoms with Crippen LogP contribution in [0.5, 0.6) is 0 Å². The molecule has 2 aromatic rings. The highest BCUT2D eigenvalue weighted by molar-refractivity contribution is 5.93. The number of H-pyrrole nitrogens is 1. The Labute approximate surface area is 153 Å². The minimum absolute atomic E-state index is 0.135. The SMILES string of the molecule is Cc1ccc(C(CNC(=O)c2ccc(=O)[nH]c2)N2CCN(C)CC2)cc1. The van der Waals surface area contributed by atoms with Crippen molar-refractivity contribution in [3.63, 3.8) is 0 Å². The van der Waals surface area contributed by atoms with Gasteiger partial charge in [0.15, 0.2) is 0 Å². The lowest BCUT2D eigenvalue weighted by atomic mass is 10.0. The largest absolute Gasteiger partial charge is 0.350 e. The van der Waals surface area contributed by atoms with Crippen molar-refractivity contribution in [3.8, 4) is 0 Å². The second-order valence-corrected chi connectivity index (χ2v) is 6.92. The Balaban J connectivity index is 1.72. The van der Waals surface area contributed by atoms with Gasteiger partial charge in [0.2, 0.25) is 5.56 Å². The topological polar surface area (TPSA) is 68.4 Å². The zero-order chi connectivity index (χ0) is 18.5. The van der Waals surface area contributed by atoms with Gasteiger partial charge in [0.1, 0.15) is 0 Å². The van der Waals surface area contributed by atoms with Crippen LogP contribution in [0, 0.1) is 6.92 Å². The summed E-state index contributed by atoms with van der Waals surface area (Å²) in [6.07, 6.45) is 1.45. The van der Waals surface area contributed by atoms with Gasteiger partial charge in [-0.2, -0.15) is 0 Å². The highest BCUT2D eigenvalue weighted by Gasteiger charge is 2.24. The lowest BCUT2D eigenvalue weighted by Crippen LogP contribution is -2.48. The van der Waals surface area contributed by atoms with E-state index < -0.39 is 0 Å². The zero-order valence-corrected chi connectivity index (χ0v) is 15.4. The Hall–Kier alpha value is -2.44. The molecule has 1 aliphatic heterocycles. The molecule has 1 aliphatic rings. The number of amides is 1. The van der Waals surface area contributed by atoms with Gasteiger partial charge in [0.25, 0.3) is 5.91 Å². The third-order valence-electron chi connectivity index (χ3n) is 4.94. The van der Waals surface area contributed by atoms with E-state index in [2.05, 4.69) is 58.3 Å². The average molecular weight is 354 g/mol.